The highest BCUT2D eigenvalue weighted by molar-refractivity contribution is 4.83. The Kier molecular flexibility index (Phi) is 3.85. The van der Waals surface area contributed by atoms with Crippen LogP contribution in [0, 0.1) is 0 Å². The lowest BCUT2D eigenvalue weighted by Gasteiger charge is -2.12. The molecular formula is C8H16N4O. The summed E-state index contributed by atoms with van der Waals surface area (Å²) in [5.41, 5.74) is 0. The summed E-state index contributed by atoms with van der Waals surface area (Å²) in [4.78, 5) is 4.06. The van der Waals surface area contributed by atoms with E-state index in [1.807, 2.05) is 14.0 Å². The summed E-state index contributed by atoms with van der Waals surface area (Å²) in [6, 6.07) is 0.150. The van der Waals surface area contributed by atoms with Crippen LogP contribution in [-0.2, 0) is 13.6 Å². The second-order valence-corrected chi connectivity index (χ2v) is 2.97. The number of nitrogens with zero attached hydrogens (tertiary/aromatic N) is 3. The van der Waals surface area contributed by atoms with Gasteiger partial charge >= 0.3 is 0 Å². The van der Waals surface area contributed by atoms with E-state index in [1.54, 1.807) is 4.68 Å². The highest BCUT2D eigenvalue weighted by atomic mass is 16.3. The lowest BCUT2D eigenvalue weighted by Crippen LogP contribution is -2.32. The Hall–Kier alpha value is -0.940. The normalized spacial score (nSPS) is 13.2. The molecule has 13 heavy (non-hydrogen) atoms. The maximum atomic E-state index is 8.92. The van der Waals surface area contributed by atoms with Crippen LogP contribution in [0.5, 0.6) is 0 Å². The van der Waals surface area contributed by atoms with Crippen molar-refractivity contribution >= 4 is 0 Å². The molecule has 0 fully saturated rings. The number of rotatable bonds is 5. The minimum Gasteiger partial charge on any atom is -0.395 e. The molecule has 0 aromatic carbocycles. The van der Waals surface area contributed by atoms with Crippen LogP contribution >= 0.6 is 0 Å². The van der Waals surface area contributed by atoms with Crippen molar-refractivity contribution in [3.05, 3.63) is 12.2 Å². The first kappa shape index (κ1) is 10.1. The summed E-state index contributed by atoms with van der Waals surface area (Å²) < 4.78 is 1.72. The van der Waals surface area contributed by atoms with Crippen LogP contribution in [0.15, 0.2) is 6.33 Å². The molecule has 1 rings (SSSR count). The molecule has 1 aromatic heterocycles. The quantitative estimate of drug-likeness (QED) is 0.658. The second-order valence-electron chi connectivity index (χ2n) is 2.97. The third kappa shape index (κ3) is 2.78. The molecule has 1 atom stereocenters. The highest BCUT2D eigenvalue weighted by Gasteiger charge is 2.05. The molecule has 0 saturated carbocycles. The summed E-state index contributed by atoms with van der Waals surface area (Å²) in [6.07, 6.45) is 2.44. The molecule has 2 N–H and O–H groups in total. The number of aliphatic hydroxyl groups excluding tert-OH is 1. The minimum absolute atomic E-state index is 0.150. The van der Waals surface area contributed by atoms with Gasteiger partial charge < -0.3 is 10.4 Å². The first-order valence-corrected chi connectivity index (χ1v) is 4.45. The van der Waals surface area contributed by atoms with E-state index in [0.717, 1.165) is 12.2 Å². The Labute approximate surface area is 77.8 Å². The van der Waals surface area contributed by atoms with Crippen molar-refractivity contribution < 1.29 is 5.11 Å². The molecule has 0 saturated heterocycles. The summed E-state index contributed by atoms with van der Waals surface area (Å²) >= 11 is 0. The zero-order chi connectivity index (χ0) is 9.68. The van der Waals surface area contributed by atoms with Gasteiger partial charge in [-0.3, -0.25) is 4.68 Å². The fourth-order valence-corrected chi connectivity index (χ4v) is 1.05. The lowest BCUT2D eigenvalue weighted by molar-refractivity contribution is 0.237. The smallest absolute Gasteiger partial charge is 0.140 e. The Bertz CT molecular complexity index is 244. The van der Waals surface area contributed by atoms with Crippen LogP contribution in [0.4, 0.5) is 0 Å². The topological polar surface area (TPSA) is 63.0 Å². The summed E-state index contributed by atoms with van der Waals surface area (Å²) in [6.45, 7) is 2.84. The van der Waals surface area contributed by atoms with E-state index in [9.17, 15) is 0 Å². The van der Waals surface area contributed by atoms with Crippen molar-refractivity contribution in [3.63, 3.8) is 0 Å². The number of hydrogen-bond donors (Lipinski definition) is 2. The average molecular weight is 184 g/mol. The zero-order valence-corrected chi connectivity index (χ0v) is 8.06. The maximum absolute atomic E-state index is 8.92. The van der Waals surface area contributed by atoms with E-state index in [-0.39, 0.29) is 12.6 Å². The third-order valence-corrected chi connectivity index (χ3v) is 2.07. The number of nitrogens with one attached hydrogen (secondary N) is 1. The molecular weight excluding hydrogens is 168 g/mol. The first-order chi connectivity index (χ1) is 6.27. The van der Waals surface area contributed by atoms with Gasteiger partial charge in [-0.1, -0.05) is 6.92 Å². The van der Waals surface area contributed by atoms with Gasteiger partial charge in [0, 0.05) is 13.1 Å². The lowest BCUT2D eigenvalue weighted by atomic mass is 10.2. The zero-order valence-electron chi connectivity index (χ0n) is 8.06. The van der Waals surface area contributed by atoms with Crippen molar-refractivity contribution in [1.29, 1.82) is 0 Å². The summed E-state index contributed by atoms with van der Waals surface area (Å²) in [7, 11) is 1.85. The van der Waals surface area contributed by atoms with Crippen LogP contribution in [0.1, 0.15) is 19.2 Å². The molecule has 1 unspecified atom stereocenters. The van der Waals surface area contributed by atoms with Crippen LogP contribution in [-0.4, -0.2) is 32.5 Å². The van der Waals surface area contributed by atoms with Gasteiger partial charge in [0.15, 0.2) is 0 Å². The van der Waals surface area contributed by atoms with E-state index in [1.165, 1.54) is 6.33 Å². The van der Waals surface area contributed by atoms with Gasteiger partial charge in [0.1, 0.15) is 12.2 Å². The van der Waals surface area contributed by atoms with Gasteiger partial charge in [0.25, 0.3) is 0 Å². The predicted octanol–water partition coefficient (Wildman–Crippen LogP) is -0.324. The van der Waals surface area contributed by atoms with Crippen molar-refractivity contribution in [1.82, 2.24) is 20.1 Å². The molecule has 0 aliphatic rings. The minimum atomic E-state index is 0.150. The van der Waals surface area contributed by atoms with Gasteiger partial charge in [0.2, 0.25) is 0 Å². The largest absolute Gasteiger partial charge is 0.395 e. The monoisotopic (exact) mass is 184 g/mol. The van der Waals surface area contributed by atoms with Gasteiger partial charge in [-0.05, 0) is 6.42 Å². The summed E-state index contributed by atoms with van der Waals surface area (Å²) in [5.74, 6) is 0.881. The highest BCUT2D eigenvalue weighted by Crippen LogP contribution is 1.93. The van der Waals surface area contributed by atoms with Crippen molar-refractivity contribution in [2.24, 2.45) is 7.05 Å². The van der Waals surface area contributed by atoms with Crippen molar-refractivity contribution in [2.75, 3.05) is 6.61 Å². The first-order valence-electron chi connectivity index (χ1n) is 4.45. The van der Waals surface area contributed by atoms with Crippen LogP contribution in [0.2, 0.25) is 0 Å². The SMILES string of the molecule is CCC(CO)NCc1ncnn1C. The maximum Gasteiger partial charge on any atom is 0.140 e. The van der Waals surface area contributed by atoms with Crippen molar-refractivity contribution in [3.8, 4) is 0 Å². The number of hydrogen-bond acceptors (Lipinski definition) is 4. The molecule has 5 heteroatoms. The predicted molar refractivity (Wildman–Crippen MR) is 49.0 cm³/mol. The summed E-state index contributed by atoms with van der Waals surface area (Å²) in [5, 5.41) is 16.1. The molecule has 0 aliphatic carbocycles. The third-order valence-electron chi connectivity index (χ3n) is 2.07. The molecule has 74 valence electrons. The molecule has 0 spiro atoms. The number of aromatic nitrogens is 3. The Balaban J connectivity index is 2.38. The van der Waals surface area contributed by atoms with Gasteiger partial charge in [-0.25, -0.2) is 4.98 Å². The second kappa shape index (κ2) is 4.94. The van der Waals surface area contributed by atoms with Gasteiger partial charge in [-0.15, -0.1) is 0 Å². The van der Waals surface area contributed by atoms with Crippen LogP contribution in [0.3, 0.4) is 0 Å². The number of aryl methyl sites for hydroxylation is 1. The molecule has 5 nitrogen and oxygen atoms in total. The molecule has 0 radical (unpaired) electrons. The molecule has 0 aliphatic heterocycles. The van der Waals surface area contributed by atoms with Crippen molar-refractivity contribution in [2.45, 2.75) is 25.9 Å². The Morgan fingerprint density at radius 3 is 2.92 bits per heavy atom. The fourth-order valence-electron chi connectivity index (χ4n) is 1.05. The Morgan fingerprint density at radius 2 is 2.46 bits per heavy atom. The van der Waals surface area contributed by atoms with E-state index in [2.05, 4.69) is 15.4 Å². The standard InChI is InChI=1S/C8H16N4O/c1-3-7(5-13)9-4-8-10-6-11-12(8)2/h6-7,9,13H,3-5H2,1-2H3. The fraction of sp³-hybridized carbons (Fsp3) is 0.750. The Morgan fingerprint density at radius 1 is 1.69 bits per heavy atom. The van der Waals surface area contributed by atoms with Crippen LogP contribution < -0.4 is 5.32 Å². The van der Waals surface area contributed by atoms with Gasteiger partial charge in [0.05, 0.1) is 13.2 Å². The number of aliphatic hydroxyl groups is 1. The van der Waals surface area contributed by atoms with E-state index in [0.29, 0.717) is 6.54 Å². The molecule has 0 bridgehead atoms. The molecule has 0 amide bonds. The van der Waals surface area contributed by atoms with Gasteiger partial charge in [-0.2, -0.15) is 5.10 Å². The van der Waals surface area contributed by atoms with Crippen LogP contribution in [0.25, 0.3) is 0 Å². The molecule has 1 heterocycles. The van der Waals surface area contributed by atoms with E-state index < -0.39 is 0 Å². The van der Waals surface area contributed by atoms with E-state index in [4.69, 9.17) is 5.11 Å². The average Bonchev–Trinajstić information content (AvgIpc) is 2.54. The molecule has 1 aromatic rings. The van der Waals surface area contributed by atoms with E-state index >= 15 is 0 Å².